The highest BCUT2D eigenvalue weighted by atomic mass is 127. The first-order chi connectivity index (χ1) is 5.84. The Labute approximate surface area is 103 Å². The van der Waals surface area contributed by atoms with Gasteiger partial charge in [-0.1, -0.05) is 23.2 Å². The quantitative estimate of drug-likeness (QED) is 0.433. The maximum absolute atomic E-state index is 11.0. The van der Waals surface area contributed by atoms with Crippen LogP contribution in [0.4, 0.5) is 0 Å². The van der Waals surface area contributed by atoms with Gasteiger partial charge in [-0.3, -0.25) is 0 Å². The maximum Gasteiger partial charge on any atom is 0.265 e. The third-order valence-electron chi connectivity index (χ3n) is 1.13. The Balaban J connectivity index is 3.62. The molecule has 0 aromatic carbocycles. The van der Waals surface area contributed by atoms with Crippen LogP contribution in [0.25, 0.3) is 0 Å². The molecule has 8 heteroatoms. The molecule has 0 N–H and O–H groups in total. The van der Waals surface area contributed by atoms with E-state index in [0.29, 0.717) is 3.57 Å². The van der Waals surface area contributed by atoms with E-state index in [4.69, 9.17) is 33.9 Å². The van der Waals surface area contributed by atoms with E-state index in [0.717, 1.165) is 0 Å². The van der Waals surface area contributed by atoms with Crippen molar-refractivity contribution in [1.82, 2.24) is 4.98 Å². The third kappa shape index (κ3) is 2.59. The van der Waals surface area contributed by atoms with Crippen LogP contribution in [0.2, 0.25) is 10.2 Å². The average molecular weight is 372 g/mol. The Kier molecular flexibility index (Phi) is 3.67. The first-order valence-electron chi connectivity index (χ1n) is 2.78. The molecule has 0 spiro atoms. The summed E-state index contributed by atoms with van der Waals surface area (Å²) in [6.45, 7) is 0. The topological polar surface area (TPSA) is 47.0 Å². The summed E-state index contributed by atoms with van der Waals surface area (Å²) >= 11 is 13.0. The van der Waals surface area contributed by atoms with Gasteiger partial charge in [0.05, 0.1) is 8.59 Å². The van der Waals surface area contributed by atoms with Crippen molar-refractivity contribution in [2.75, 3.05) is 0 Å². The van der Waals surface area contributed by atoms with Crippen molar-refractivity contribution in [2.24, 2.45) is 0 Å². The van der Waals surface area contributed by atoms with Gasteiger partial charge in [-0.15, -0.1) is 0 Å². The Morgan fingerprint density at radius 1 is 1.38 bits per heavy atom. The SMILES string of the molecule is O=S(=O)(Cl)c1c(Cl)ncc(I)c1Cl. The minimum absolute atomic E-state index is 0.00407. The number of hydrogen-bond donors (Lipinski definition) is 0. The second-order valence-electron chi connectivity index (χ2n) is 1.98. The van der Waals surface area contributed by atoms with Gasteiger partial charge in [-0.2, -0.15) is 0 Å². The largest absolute Gasteiger partial charge is 0.265 e. The molecule has 0 aliphatic heterocycles. The Hall–Kier alpha value is 0.700. The summed E-state index contributed by atoms with van der Waals surface area (Å²) in [7, 11) is 1.16. The molecule has 0 unspecified atom stereocenters. The lowest BCUT2D eigenvalue weighted by atomic mass is 10.5. The van der Waals surface area contributed by atoms with Crippen LogP contribution in [-0.4, -0.2) is 13.4 Å². The molecule has 0 bridgehead atoms. The van der Waals surface area contributed by atoms with Crippen molar-refractivity contribution < 1.29 is 8.42 Å². The van der Waals surface area contributed by atoms with Gasteiger partial charge < -0.3 is 0 Å². The van der Waals surface area contributed by atoms with Crippen LogP contribution in [0.1, 0.15) is 0 Å². The van der Waals surface area contributed by atoms with E-state index in [-0.39, 0.29) is 15.1 Å². The smallest absolute Gasteiger partial charge is 0.242 e. The van der Waals surface area contributed by atoms with Crippen molar-refractivity contribution in [3.63, 3.8) is 0 Å². The number of nitrogens with zero attached hydrogens (tertiary/aromatic N) is 1. The number of aromatic nitrogens is 1. The summed E-state index contributed by atoms with van der Waals surface area (Å²) in [5, 5.41) is -0.226. The van der Waals surface area contributed by atoms with E-state index in [2.05, 4.69) is 4.98 Å². The van der Waals surface area contributed by atoms with Crippen LogP contribution in [0.15, 0.2) is 11.1 Å². The fraction of sp³-hybridized carbons (Fsp3) is 0. The van der Waals surface area contributed by atoms with Gasteiger partial charge in [0, 0.05) is 16.9 Å². The van der Waals surface area contributed by atoms with Gasteiger partial charge in [0.15, 0.2) is 5.15 Å². The third-order valence-corrected chi connectivity index (χ3v) is 4.52. The first-order valence-corrected chi connectivity index (χ1v) is 6.92. The molecule has 3 nitrogen and oxygen atoms in total. The second-order valence-corrected chi connectivity index (χ2v) is 6.38. The molecule has 0 radical (unpaired) electrons. The minimum Gasteiger partial charge on any atom is -0.242 e. The summed E-state index contributed by atoms with van der Waals surface area (Å²) < 4.78 is 22.4. The zero-order chi connectivity index (χ0) is 10.2. The predicted molar refractivity (Wildman–Crippen MR) is 60.0 cm³/mol. The molecule has 1 rings (SSSR count). The Morgan fingerprint density at radius 2 is 1.92 bits per heavy atom. The lowest BCUT2D eigenvalue weighted by Crippen LogP contribution is -1.97. The molecule has 72 valence electrons. The van der Waals surface area contributed by atoms with Crippen LogP contribution in [0.3, 0.4) is 0 Å². The van der Waals surface area contributed by atoms with E-state index >= 15 is 0 Å². The fourth-order valence-corrected chi connectivity index (χ4v) is 3.43. The lowest BCUT2D eigenvalue weighted by Gasteiger charge is -2.02. The monoisotopic (exact) mass is 371 g/mol. The highest BCUT2D eigenvalue weighted by Crippen LogP contribution is 2.33. The van der Waals surface area contributed by atoms with Crippen LogP contribution in [0.5, 0.6) is 0 Å². The molecule has 1 aromatic rings. The second kappa shape index (κ2) is 4.06. The standard InChI is InChI=1S/C5HCl3INO2S/c6-3-2(9)1-10-5(7)4(3)13(8,11)12/h1H. The van der Waals surface area contributed by atoms with Crippen molar-refractivity contribution in [2.45, 2.75) is 4.90 Å². The van der Waals surface area contributed by atoms with Crippen molar-refractivity contribution in [3.8, 4) is 0 Å². The molecule has 0 saturated heterocycles. The van der Waals surface area contributed by atoms with Crippen LogP contribution < -0.4 is 0 Å². The zero-order valence-electron chi connectivity index (χ0n) is 5.76. The van der Waals surface area contributed by atoms with Gasteiger partial charge in [-0.05, 0) is 22.6 Å². The van der Waals surface area contributed by atoms with E-state index < -0.39 is 9.05 Å². The summed E-state index contributed by atoms with van der Waals surface area (Å²) in [4.78, 5) is 3.27. The van der Waals surface area contributed by atoms with Crippen LogP contribution in [0, 0.1) is 3.57 Å². The molecule has 1 heterocycles. The number of hydrogen-bond acceptors (Lipinski definition) is 3. The van der Waals surface area contributed by atoms with E-state index in [9.17, 15) is 8.42 Å². The normalized spacial score (nSPS) is 11.7. The highest BCUT2D eigenvalue weighted by Gasteiger charge is 2.21. The van der Waals surface area contributed by atoms with Crippen molar-refractivity contribution in [1.29, 1.82) is 0 Å². The highest BCUT2D eigenvalue weighted by molar-refractivity contribution is 14.1. The molecule has 0 saturated carbocycles. The maximum atomic E-state index is 11.0. The molecular formula is C5HCl3INO2S. The van der Waals surface area contributed by atoms with Gasteiger partial charge in [0.25, 0.3) is 9.05 Å². The lowest BCUT2D eigenvalue weighted by molar-refractivity contribution is 0.609. The predicted octanol–water partition coefficient (Wildman–Crippen LogP) is 2.92. The Bertz CT molecular complexity index is 447. The van der Waals surface area contributed by atoms with Crippen molar-refractivity contribution >= 4 is 65.5 Å². The van der Waals surface area contributed by atoms with Gasteiger partial charge >= 0.3 is 0 Å². The summed E-state index contributed by atoms with van der Waals surface area (Å²) in [5.41, 5.74) is 0. The fourth-order valence-electron chi connectivity index (χ4n) is 0.635. The average Bonchev–Trinajstić information content (AvgIpc) is 1.95. The summed E-state index contributed by atoms with van der Waals surface area (Å²) in [5.74, 6) is 0. The van der Waals surface area contributed by atoms with E-state index in [1.54, 1.807) is 0 Å². The minimum atomic E-state index is -3.95. The number of halogens is 4. The van der Waals surface area contributed by atoms with Crippen LogP contribution in [-0.2, 0) is 9.05 Å². The number of pyridine rings is 1. The van der Waals surface area contributed by atoms with E-state index in [1.807, 2.05) is 22.6 Å². The summed E-state index contributed by atoms with van der Waals surface area (Å²) in [6.07, 6.45) is 1.36. The Morgan fingerprint density at radius 3 is 2.31 bits per heavy atom. The molecule has 0 atom stereocenters. The first kappa shape index (κ1) is 11.8. The molecule has 0 fully saturated rings. The van der Waals surface area contributed by atoms with Crippen LogP contribution >= 0.6 is 56.5 Å². The molecule has 0 aliphatic rings. The molecular weight excluding hydrogens is 371 g/mol. The summed E-state index contributed by atoms with van der Waals surface area (Å²) in [6, 6.07) is 0. The zero-order valence-corrected chi connectivity index (χ0v) is 11.0. The van der Waals surface area contributed by atoms with Gasteiger partial charge in [-0.25, -0.2) is 13.4 Å². The van der Waals surface area contributed by atoms with Crippen molar-refractivity contribution in [3.05, 3.63) is 19.9 Å². The molecule has 0 amide bonds. The molecule has 1 aromatic heterocycles. The number of rotatable bonds is 1. The van der Waals surface area contributed by atoms with Gasteiger partial charge in [0.2, 0.25) is 0 Å². The molecule has 0 aliphatic carbocycles. The van der Waals surface area contributed by atoms with Gasteiger partial charge in [0.1, 0.15) is 4.90 Å². The molecule has 13 heavy (non-hydrogen) atoms. The van der Waals surface area contributed by atoms with E-state index in [1.165, 1.54) is 6.20 Å².